The van der Waals surface area contributed by atoms with Crippen LogP contribution >= 0.6 is 11.6 Å². The molecule has 80 valence electrons. The van der Waals surface area contributed by atoms with Gasteiger partial charge in [0, 0.05) is 12.1 Å². The maximum Gasteiger partial charge on any atom is 0.360 e. The van der Waals surface area contributed by atoms with Gasteiger partial charge in [-0.1, -0.05) is 11.6 Å². The van der Waals surface area contributed by atoms with E-state index in [4.69, 9.17) is 21.4 Å². The number of non-ortho nitro benzene ring substituents is 1. The van der Waals surface area contributed by atoms with Crippen LogP contribution in [0.25, 0.3) is 0 Å². The van der Waals surface area contributed by atoms with Gasteiger partial charge in [-0.05, 0) is 12.1 Å². The molecule has 0 saturated carbocycles. The molecule has 0 aromatic heterocycles. The molecule has 0 aliphatic rings. The average Bonchev–Trinajstić information content (AvgIpc) is 2.18. The summed E-state index contributed by atoms with van der Waals surface area (Å²) in [5, 5.41) is 18.7. The summed E-state index contributed by atoms with van der Waals surface area (Å²) in [4.78, 5) is 20.0. The van der Waals surface area contributed by atoms with E-state index in [2.05, 4.69) is 0 Å². The normalized spacial score (nSPS) is 11.8. The molecule has 0 bridgehead atoms. The Balaban J connectivity index is 2.72. The smallest absolute Gasteiger partial charge is 0.360 e. The Hall–Kier alpha value is -1.82. The Kier molecular flexibility index (Phi) is 3.46. The zero-order valence-corrected chi connectivity index (χ0v) is 8.05. The maximum atomic E-state index is 10.3. The molecule has 0 heterocycles. The van der Waals surface area contributed by atoms with Gasteiger partial charge in [-0.15, -0.1) is 0 Å². The summed E-state index contributed by atoms with van der Waals surface area (Å²) >= 11 is 5.30. The number of nitro groups is 1. The summed E-state index contributed by atoms with van der Waals surface area (Å²) in [5.74, 6) is -1.17. The van der Waals surface area contributed by atoms with Gasteiger partial charge in [-0.25, -0.2) is 4.79 Å². The van der Waals surface area contributed by atoms with Crippen LogP contribution in [0.1, 0.15) is 0 Å². The first-order valence-corrected chi connectivity index (χ1v) is 4.22. The molecule has 1 unspecified atom stereocenters. The van der Waals surface area contributed by atoms with E-state index in [1.165, 1.54) is 24.3 Å². The monoisotopic (exact) mass is 231 g/mol. The van der Waals surface area contributed by atoms with Gasteiger partial charge < -0.3 is 9.84 Å². The minimum absolute atomic E-state index is 0.108. The van der Waals surface area contributed by atoms with Crippen LogP contribution in [0.15, 0.2) is 24.3 Å². The summed E-state index contributed by atoms with van der Waals surface area (Å²) in [7, 11) is 0. The molecular weight excluding hydrogens is 226 g/mol. The van der Waals surface area contributed by atoms with Crippen LogP contribution in [0.4, 0.5) is 5.69 Å². The summed E-state index contributed by atoms with van der Waals surface area (Å²) in [6, 6.07) is 4.94. The highest BCUT2D eigenvalue weighted by atomic mass is 35.5. The number of ether oxygens (including phenoxy) is 1. The molecule has 15 heavy (non-hydrogen) atoms. The van der Waals surface area contributed by atoms with Crippen LogP contribution in [0.5, 0.6) is 5.75 Å². The van der Waals surface area contributed by atoms with E-state index in [-0.39, 0.29) is 11.4 Å². The largest absolute Gasteiger partial charge is 0.478 e. The van der Waals surface area contributed by atoms with Crippen molar-refractivity contribution in [2.24, 2.45) is 0 Å². The lowest BCUT2D eigenvalue weighted by Crippen LogP contribution is -2.20. The number of alkyl halides is 1. The van der Waals surface area contributed by atoms with Crippen LogP contribution < -0.4 is 4.74 Å². The number of hydrogen-bond donors (Lipinski definition) is 1. The molecule has 0 spiro atoms. The number of halogens is 1. The highest BCUT2D eigenvalue weighted by molar-refractivity contribution is 6.28. The number of hydrogen-bond acceptors (Lipinski definition) is 4. The molecule has 0 amide bonds. The lowest BCUT2D eigenvalue weighted by atomic mass is 10.3. The van der Waals surface area contributed by atoms with Crippen molar-refractivity contribution in [2.45, 2.75) is 5.56 Å². The predicted molar refractivity (Wildman–Crippen MR) is 51.0 cm³/mol. The molecular formula is C8H6ClNO5. The van der Waals surface area contributed by atoms with Crippen LogP contribution in [0.2, 0.25) is 0 Å². The van der Waals surface area contributed by atoms with E-state index < -0.39 is 16.5 Å². The third kappa shape index (κ3) is 3.10. The maximum absolute atomic E-state index is 10.3. The van der Waals surface area contributed by atoms with Crippen LogP contribution in [-0.4, -0.2) is 21.6 Å². The first-order valence-electron chi connectivity index (χ1n) is 3.78. The standard InChI is InChI=1S/C8H6ClNO5/c9-7(8(11)12)15-6-3-1-5(2-4-6)10(13)14/h1-4,7H,(H,11,12). The summed E-state index contributed by atoms with van der Waals surface area (Å²) < 4.78 is 4.75. The molecule has 0 fully saturated rings. The van der Waals surface area contributed by atoms with E-state index in [9.17, 15) is 14.9 Å². The molecule has 1 N–H and O–H groups in total. The van der Waals surface area contributed by atoms with Crippen molar-refractivity contribution in [3.8, 4) is 5.75 Å². The number of nitro benzene ring substituents is 1. The second kappa shape index (κ2) is 4.61. The molecule has 1 rings (SSSR count). The quantitative estimate of drug-likeness (QED) is 0.483. The second-order valence-corrected chi connectivity index (χ2v) is 2.92. The number of carboxylic acids is 1. The molecule has 7 heteroatoms. The van der Waals surface area contributed by atoms with Gasteiger partial charge in [0.1, 0.15) is 5.75 Å². The molecule has 1 aromatic rings. The van der Waals surface area contributed by atoms with E-state index in [0.717, 1.165) is 0 Å². The Labute approximate surface area is 89.2 Å². The van der Waals surface area contributed by atoms with Crippen LogP contribution in [0, 0.1) is 10.1 Å². The number of carboxylic acid groups (broad SMARTS) is 1. The zero-order chi connectivity index (χ0) is 11.4. The minimum atomic E-state index is -1.51. The van der Waals surface area contributed by atoms with Crippen molar-refractivity contribution in [3.63, 3.8) is 0 Å². The molecule has 0 radical (unpaired) electrons. The van der Waals surface area contributed by atoms with E-state index in [0.29, 0.717) is 0 Å². The Bertz CT molecular complexity index is 377. The van der Waals surface area contributed by atoms with Crippen molar-refractivity contribution in [2.75, 3.05) is 0 Å². The lowest BCUT2D eigenvalue weighted by Gasteiger charge is -2.07. The first kappa shape index (κ1) is 11.3. The van der Waals surface area contributed by atoms with Crippen molar-refractivity contribution in [1.29, 1.82) is 0 Å². The molecule has 0 aliphatic heterocycles. The van der Waals surface area contributed by atoms with Crippen LogP contribution in [0.3, 0.4) is 0 Å². The van der Waals surface area contributed by atoms with Crippen molar-refractivity contribution < 1.29 is 19.6 Å². The SMILES string of the molecule is O=C(O)C(Cl)Oc1ccc([N+](=O)[O-])cc1. The number of aliphatic carboxylic acids is 1. The van der Waals surface area contributed by atoms with Gasteiger partial charge in [-0.2, -0.15) is 0 Å². The van der Waals surface area contributed by atoms with Gasteiger partial charge in [0.25, 0.3) is 11.3 Å². The third-order valence-corrected chi connectivity index (χ3v) is 1.76. The number of carbonyl (C=O) groups is 1. The van der Waals surface area contributed by atoms with Gasteiger partial charge >= 0.3 is 5.97 Å². The van der Waals surface area contributed by atoms with Crippen molar-refractivity contribution in [1.82, 2.24) is 0 Å². The zero-order valence-electron chi connectivity index (χ0n) is 7.29. The van der Waals surface area contributed by atoms with Crippen molar-refractivity contribution in [3.05, 3.63) is 34.4 Å². The number of rotatable bonds is 4. The number of nitrogens with zero attached hydrogens (tertiary/aromatic N) is 1. The highest BCUT2D eigenvalue weighted by Crippen LogP contribution is 2.19. The predicted octanol–water partition coefficient (Wildman–Crippen LogP) is 1.62. The molecule has 0 saturated heterocycles. The first-order chi connectivity index (χ1) is 7.00. The molecule has 6 nitrogen and oxygen atoms in total. The Morgan fingerprint density at radius 3 is 2.40 bits per heavy atom. The fourth-order valence-electron chi connectivity index (χ4n) is 0.816. The lowest BCUT2D eigenvalue weighted by molar-refractivity contribution is -0.384. The molecule has 0 aliphatic carbocycles. The topological polar surface area (TPSA) is 89.7 Å². The highest BCUT2D eigenvalue weighted by Gasteiger charge is 2.15. The third-order valence-electron chi connectivity index (χ3n) is 1.48. The molecule has 1 aromatic carbocycles. The minimum Gasteiger partial charge on any atom is -0.478 e. The van der Waals surface area contributed by atoms with Gasteiger partial charge in [0.05, 0.1) is 4.92 Å². The molecule has 1 atom stereocenters. The van der Waals surface area contributed by atoms with E-state index in [1.54, 1.807) is 0 Å². The fourth-order valence-corrected chi connectivity index (χ4v) is 0.919. The second-order valence-electron chi connectivity index (χ2n) is 2.52. The Morgan fingerprint density at radius 1 is 1.47 bits per heavy atom. The summed E-state index contributed by atoms with van der Waals surface area (Å²) in [6.45, 7) is 0. The summed E-state index contributed by atoms with van der Waals surface area (Å²) in [6.07, 6.45) is 0. The van der Waals surface area contributed by atoms with E-state index in [1.807, 2.05) is 0 Å². The van der Waals surface area contributed by atoms with Crippen molar-refractivity contribution >= 4 is 23.3 Å². The van der Waals surface area contributed by atoms with E-state index >= 15 is 0 Å². The number of benzene rings is 1. The average molecular weight is 232 g/mol. The van der Waals surface area contributed by atoms with Gasteiger partial charge in [0.2, 0.25) is 0 Å². The summed E-state index contributed by atoms with van der Waals surface area (Å²) in [5.41, 5.74) is -1.62. The van der Waals surface area contributed by atoms with Gasteiger partial charge in [-0.3, -0.25) is 10.1 Å². The van der Waals surface area contributed by atoms with Crippen LogP contribution in [-0.2, 0) is 4.79 Å². The fraction of sp³-hybridized carbons (Fsp3) is 0.125. The Morgan fingerprint density at radius 2 is 2.00 bits per heavy atom. The van der Waals surface area contributed by atoms with Gasteiger partial charge in [0.15, 0.2) is 0 Å².